The molecule has 0 unspecified atom stereocenters. The van der Waals surface area contributed by atoms with Gasteiger partial charge in [-0.05, 0) is 30.8 Å². The Morgan fingerprint density at radius 2 is 1.85 bits per heavy atom. The van der Waals surface area contributed by atoms with Gasteiger partial charge in [0, 0.05) is 71.2 Å². The molecule has 2 aliphatic rings. The first-order chi connectivity index (χ1) is 12.4. The van der Waals surface area contributed by atoms with Crippen molar-refractivity contribution in [2.75, 3.05) is 45.7 Å². The molecule has 0 radical (unpaired) electrons. The van der Waals surface area contributed by atoms with E-state index >= 15 is 0 Å². The van der Waals surface area contributed by atoms with Gasteiger partial charge < -0.3 is 14.7 Å². The predicted octanol–water partition coefficient (Wildman–Crippen LogP) is 1.42. The summed E-state index contributed by atoms with van der Waals surface area (Å²) in [6.45, 7) is 2.32. The van der Waals surface area contributed by atoms with Crippen molar-refractivity contribution in [2.24, 2.45) is 5.41 Å². The Morgan fingerprint density at radius 1 is 1.19 bits per heavy atom. The first-order valence-electron chi connectivity index (χ1n) is 9.09. The summed E-state index contributed by atoms with van der Waals surface area (Å²) in [6.07, 6.45) is 10.3. The molecule has 0 atom stereocenters. The van der Waals surface area contributed by atoms with Gasteiger partial charge in [-0.25, -0.2) is 9.97 Å². The van der Waals surface area contributed by atoms with E-state index in [2.05, 4.69) is 9.97 Å². The summed E-state index contributed by atoms with van der Waals surface area (Å²) in [4.78, 5) is 38.2. The molecule has 0 aromatic carbocycles. The Bertz CT molecular complexity index is 690. The third-order valence-corrected chi connectivity index (χ3v) is 5.48. The van der Waals surface area contributed by atoms with Gasteiger partial charge in [-0.15, -0.1) is 0 Å². The predicted molar refractivity (Wildman–Crippen MR) is 101 cm³/mol. The Kier molecular flexibility index (Phi) is 5.25. The zero-order valence-corrected chi connectivity index (χ0v) is 15.8. The van der Waals surface area contributed by atoms with Crippen LogP contribution < -0.4 is 4.90 Å². The van der Waals surface area contributed by atoms with Gasteiger partial charge >= 0.3 is 0 Å². The minimum absolute atomic E-state index is 0.0248. The summed E-state index contributed by atoms with van der Waals surface area (Å²) in [5.74, 6) is 0.905. The molecule has 0 aliphatic carbocycles. The molecule has 0 saturated carbocycles. The van der Waals surface area contributed by atoms with Crippen LogP contribution in [-0.4, -0.2) is 72.4 Å². The van der Waals surface area contributed by atoms with E-state index in [4.69, 9.17) is 0 Å². The molecule has 0 bridgehead atoms. The van der Waals surface area contributed by atoms with Crippen molar-refractivity contribution >= 4 is 23.8 Å². The van der Waals surface area contributed by atoms with E-state index in [1.165, 1.54) is 0 Å². The molecule has 1 spiro atoms. The number of likely N-dealkylation sites (tertiary alicyclic amines) is 2. The van der Waals surface area contributed by atoms with Crippen LogP contribution in [0.2, 0.25) is 0 Å². The second kappa shape index (κ2) is 7.43. The topological polar surface area (TPSA) is 69.6 Å². The molecule has 2 saturated heterocycles. The lowest BCUT2D eigenvalue weighted by Crippen LogP contribution is -2.51. The second-order valence-electron chi connectivity index (χ2n) is 7.62. The number of nitrogens with zero attached hydrogens (tertiary/aromatic N) is 5. The number of amides is 2. The minimum Gasteiger partial charge on any atom is -0.347 e. The number of anilines is 1. The maximum absolute atomic E-state index is 12.5. The van der Waals surface area contributed by atoms with Crippen LogP contribution in [0.4, 0.5) is 5.95 Å². The van der Waals surface area contributed by atoms with Crippen LogP contribution >= 0.6 is 0 Å². The van der Waals surface area contributed by atoms with E-state index in [0.29, 0.717) is 12.4 Å². The third kappa shape index (κ3) is 4.03. The summed E-state index contributed by atoms with van der Waals surface area (Å²) in [5, 5.41) is 0. The molecule has 2 aliphatic heterocycles. The van der Waals surface area contributed by atoms with Crippen LogP contribution in [0, 0.1) is 5.41 Å². The highest BCUT2D eigenvalue weighted by molar-refractivity contribution is 5.91. The summed E-state index contributed by atoms with van der Waals surface area (Å²) in [5.41, 5.74) is 1.00. The maximum atomic E-state index is 12.5. The Balaban J connectivity index is 1.54. The molecule has 26 heavy (non-hydrogen) atoms. The SMILES string of the molecule is CN1CC2(CCC1=O)CCN(C(=O)/C=C/c1cnc(N(C)C)nc1)CC2. The summed E-state index contributed by atoms with van der Waals surface area (Å²) < 4.78 is 0. The molecule has 3 rings (SSSR count). The van der Waals surface area contributed by atoms with Gasteiger partial charge in [0.1, 0.15) is 0 Å². The molecular formula is C19H27N5O2. The van der Waals surface area contributed by atoms with Gasteiger partial charge in [0.05, 0.1) is 0 Å². The highest BCUT2D eigenvalue weighted by Gasteiger charge is 2.40. The average Bonchev–Trinajstić information content (AvgIpc) is 2.64. The number of piperidine rings is 2. The Morgan fingerprint density at radius 3 is 2.42 bits per heavy atom. The smallest absolute Gasteiger partial charge is 0.246 e. The first-order valence-corrected chi connectivity index (χ1v) is 9.09. The number of carbonyl (C=O) groups is 2. The van der Waals surface area contributed by atoms with E-state index in [9.17, 15) is 9.59 Å². The van der Waals surface area contributed by atoms with Crippen molar-refractivity contribution in [3.8, 4) is 0 Å². The molecule has 0 N–H and O–H groups in total. The minimum atomic E-state index is 0.0248. The van der Waals surface area contributed by atoms with E-state index < -0.39 is 0 Å². The lowest BCUT2D eigenvalue weighted by atomic mass is 9.72. The van der Waals surface area contributed by atoms with Crippen molar-refractivity contribution in [3.63, 3.8) is 0 Å². The molecule has 7 heteroatoms. The van der Waals surface area contributed by atoms with Crippen LogP contribution in [0.5, 0.6) is 0 Å². The van der Waals surface area contributed by atoms with Gasteiger partial charge in [-0.1, -0.05) is 0 Å². The molecule has 3 heterocycles. The highest BCUT2D eigenvalue weighted by Crippen LogP contribution is 2.39. The highest BCUT2D eigenvalue weighted by atomic mass is 16.2. The van der Waals surface area contributed by atoms with Gasteiger partial charge in [-0.2, -0.15) is 0 Å². The maximum Gasteiger partial charge on any atom is 0.246 e. The van der Waals surface area contributed by atoms with E-state index in [-0.39, 0.29) is 17.2 Å². The van der Waals surface area contributed by atoms with Crippen LogP contribution in [0.25, 0.3) is 6.08 Å². The van der Waals surface area contributed by atoms with Crippen molar-refractivity contribution < 1.29 is 9.59 Å². The van der Waals surface area contributed by atoms with Crippen molar-refractivity contribution in [2.45, 2.75) is 25.7 Å². The zero-order valence-electron chi connectivity index (χ0n) is 15.8. The largest absolute Gasteiger partial charge is 0.347 e. The normalized spacial score (nSPS) is 20.0. The van der Waals surface area contributed by atoms with Crippen LogP contribution in [-0.2, 0) is 9.59 Å². The molecular weight excluding hydrogens is 330 g/mol. The molecule has 7 nitrogen and oxygen atoms in total. The van der Waals surface area contributed by atoms with E-state index in [0.717, 1.165) is 44.5 Å². The molecule has 1 aromatic heterocycles. The van der Waals surface area contributed by atoms with Gasteiger partial charge in [0.2, 0.25) is 17.8 Å². The molecule has 2 amide bonds. The van der Waals surface area contributed by atoms with Crippen molar-refractivity contribution in [1.29, 1.82) is 0 Å². The first kappa shape index (κ1) is 18.4. The molecule has 2 fully saturated rings. The van der Waals surface area contributed by atoms with Gasteiger partial charge in [0.15, 0.2) is 0 Å². The number of hydrogen-bond acceptors (Lipinski definition) is 5. The van der Waals surface area contributed by atoms with Gasteiger partial charge in [0.25, 0.3) is 0 Å². The molecule has 140 valence electrons. The summed E-state index contributed by atoms with van der Waals surface area (Å²) >= 11 is 0. The monoisotopic (exact) mass is 357 g/mol. The average molecular weight is 357 g/mol. The van der Waals surface area contributed by atoms with E-state index in [1.54, 1.807) is 24.5 Å². The Labute approximate surface area is 154 Å². The lowest BCUT2D eigenvalue weighted by molar-refractivity contribution is -0.139. The third-order valence-electron chi connectivity index (χ3n) is 5.48. The standard InChI is InChI=1S/C19H27N5O2/c1-22(2)18-20-12-15(13-21-18)4-5-17(26)24-10-8-19(9-11-24)7-6-16(25)23(3)14-19/h4-5,12-13H,6-11,14H2,1-3H3/b5-4+. The van der Waals surface area contributed by atoms with Gasteiger partial charge in [-0.3, -0.25) is 9.59 Å². The zero-order chi connectivity index (χ0) is 18.7. The summed E-state index contributed by atoms with van der Waals surface area (Å²) in [7, 11) is 5.65. The fourth-order valence-corrected chi connectivity index (χ4v) is 3.76. The van der Waals surface area contributed by atoms with Crippen LogP contribution in [0.15, 0.2) is 18.5 Å². The number of rotatable bonds is 3. The number of carbonyl (C=O) groups excluding carboxylic acids is 2. The summed E-state index contributed by atoms with van der Waals surface area (Å²) in [6, 6.07) is 0. The van der Waals surface area contributed by atoms with Crippen LogP contribution in [0.3, 0.4) is 0 Å². The number of aromatic nitrogens is 2. The fourth-order valence-electron chi connectivity index (χ4n) is 3.76. The van der Waals surface area contributed by atoms with Crippen LogP contribution in [0.1, 0.15) is 31.2 Å². The Hall–Kier alpha value is -2.44. The second-order valence-corrected chi connectivity index (χ2v) is 7.62. The van der Waals surface area contributed by atoms with Crippen molar-refractivity contribution in [1.82, 2.24) is 19.8 Å². The fraction of sp³-hybridized carbons (Fsp3) is 0.579. The molecule has 1 aromatic rings. The van der Waals surface area contributed by atoms with E-state index in [1.807, 2.05) is 35.8 Å². The van der Waals surface area contributed by atoms with Crippen molar-refractivity contribution in [3.05, 3.63) is 24.0 Å². The lowest BCUT2D eigenvalue weighted by Gasteiger charge is -2.46. The quantitative estimate of drug-likeness (QED) is 0.765. The number of hydrogen-bond donors (Lipinski definition) is 0.